The minimum absolute atomic E-state index is 0.623. The van der Waals surface area contributed by atoms with Crippen molar-refractivity contribution in [2.75, 3.05) is 0 Å². The van der Waals surface area contributed by atoms with Gasteiger partial charge in [-0.25, -0.2) is 4.98 Å². The highest BCUT2D eigenvalue weighted by Gasteiger charge is 1.89. The summed E-state index contributed by atoms with van der Waals surface area (Å²) in [6.45, 7) is 10.0. The predicted molar refractivity (Wildman–Crippen MR) is 82.3 cm³/mol. The number of aromatic nitrogens is 1. The lowest BCUT2D eigenvalue weighted by Gasteiger charge is -1.93. The van der Waals surface area contributed by atoms with Crippen molar-refractivity contribution in [2.24, 2.45) is 10.2 Å². The number of hydrogen-bond acceptors (Lipinski definition) is 3. The summed E-state index contributed by atoms with van der Waals surface area (Å²) in [4.78, 5) is 4.05. The third-order valence-corrected chi connectivity index (χ3v) is 1.95. The van der Waals surface area contributed by atoms with Gasteiger partial charge >= 0.3 is 0 Å². The van der Waals surface area contributed by atoms with Crippen molar-refractivity contribution in [3.8, 4) is 0 Å². The van der Waals surface area contributed by atoms with Crippen molar-refractivity contribution < 1.29 is 0 Å². The molecule has 0 aliphatic heterocycles. The third kappa shape index (κ3) is 7.09. The Hall–Kier alpha value is -2.03. The van der Waals surface area contributed by atoms with Gasteiger partial charge in [0.15, 0.2) is 5.82 Å². The number of pyridine rings is 1. The zero-order valence-corrected chi connectivity index (χ0v) is 12.5. The first-order valence-corrected chi connectivity index (χ1v) is 6.74. The monoisotopic (exact) mass is 257 g/mol. The predicted octanol–water partition coefficient (Wildman–Crippen LogP) is 5.86. The molecule has 0 radical (unpaired) electrons. The Bertz CT molecular complexity index is 447. The first-order chi connectivity index (χ1) is 9.34. The van der Waals surface area contributed by atoms with Crippen LogP contribution < -0.4 is 0 Å². The Morgan fingerprint density at radius 2 is 1.42 bits per heavy atom. The number of hydrogen-bond donors (Lipinski definition) is 0. The molecule has 0 spiro atoms. The molecule has 0 fully saturated rings. The Morgan fingerprint density at radius 3 is 1.95 bits per heavy atom. The van der Waals surface area contributed by atoms with Gasteiger partial charge in [-0.15, -0.1) is 10.2 Å². The minimum Gasteiger partial charge on any atom is -0.236 e. The van der Waals surface area contributed by atoms with Crippen LogP contribution in [0.1, 0.15) is 33.3 Å². The quantitative estimate of drug-likeness (QED) is 0.621. The minimum atomic E-state index is 0.623. The Balaban J connectivity index is 0.000000741. The fourth-order valence-electron chi connectivity index (χ4n) is 1.13. The highest BCUT2D eigenvalue weighted by molar-refractivity contribution is 5.38. The molecule has 0 atom stereocenters. The molecule has 0 saturated carbocycles. The molecule has 2 rings (SSSR count). The van der Waals surface area contributed by atoms with Crippen LogP contribution in [0.3, 0.4) is 0 Å². The summed E-state index contributed by atoms with van der Waals surface area (Å²) in [5, 5.41) is 8.10. The van der Waals surface area contributed by atoms with Crippen molar-refractivity contribution >= 4 is 11.5 Å². The summed E-state index contributed by atoms with van der Waals surface area (Å²) >= 11 is 0. The van der Waals surface area contributed by atoms with E-state index in [0.29, 0.717) is 5.82 Å². The van der Waals surface area contributed by atoms with Crippen LogP contribution in [0.5, 0.6) is 0 Å². The molecular formula is C16H23N3. The van der Waals surface area contributed by atoms with Crippen LogP contribution in [-0.4, -0.2) is 4.98 Å². The van der Waals surface area contributed by atoms with E-state index in [9.17, 15) is 0 Å². The van der Waals surface area contributed by atoms with E-state index in [2.05, 4.69) is 15.2 Å². The van der Waals surface area contributed by atoms with Crippen molar-refractivity contribution in [3.05, 3.63) is 54.2 Å². The zero-order valence-electron chi connectivity index (χ0n) is 12.5. The summed E-state index contributed by atoms with van der Waals surface area (Å²) in [6.07, 6.45) is 1.70. The van der Waals surface area contributed by atoms with Gasteiger partial charge in [0.2, 0.25) is 0 Å². The standard InChI is InChI=1S/C12H11N3.2C2H6/c1-10-5-7-11(8-6-10)14-15-12-4-2-3-9-13-12;2*1-2/h2-9H,1H3;2*1-2H3. The van der Waals surface area contributed by atoms with Crippen LogP contribution in [0.4, 0.5) is 11.5 Å². The van der Waals surface area contributed by atoms with Crippen LogP contribution >= 0.6 is 0 Å². The number of azo groups is 1. The molecule has 0 amide bonds. The fourth-order valence-corrected chi connectivity index (χ4v) is 1.13. The number of rotatable bonds is 2. The van der Waals surface area contributed by atoms with E-state index in [4.69, 9.17) is 0 Å². The van der Waals surface area contributed by atoms with Gasteiger partial charge in [0, 0.05) is 6.20 Å². The topological polar surface area (TPSA) is 37.6 Å². The molecule has 1 aromatic carbocycles. The van der Waals surface area contributed by atoms with Gasteiger partial charge in [-0.1, -0.05) is 51.5 Å². The van der Waals surface area contributed by atoms with E-state index in [0.717, 1.165) is 5.69 Å². The van der Waals surface area contributed by atoms with E-state index < -0.39 is 0 Å². The molecule has 3 heteroatoms. The average molecular weight is 257 g/mol. The third-order valence-electron chi connectivity index (χ3n) is 1.95. The molecular weight excluding hydrogens is 234 g/mol. The van der Waals surface area contributed by atoms with Gasteiger partial charge in [-0.2, -0.15) is 0 Å². The second-order valence-electron chi connectivity index (χ2n) is 3.22. The van der Waals surface area contributed by atoms with Crippen molar-refractivity contribution in [3.63, 3.8) is 0 Å². The van der Waals surface area contributed by atoms with E-state index in [-0.39, 0.29) is 0 Å². The lowest BCUT2D eigenvalue weighted by Crippen LogP contribution is -1.70. The maximum atomic E-state index is 4.08. The number of benzene rings is 1. The smallest absolute Gasteiger partial charge is 0.174 e. The number of aryl methyl sites for hydroxylation is 1. The second-order valence-corrected chi connectivity index (χ2v) is 3.22. The highest BCUT2D eigenvalue weighted by atomic mass is 15.1. The summed E-state index contributed by atoms with van der Waals surface area (Å²) in [5.74, 6) is 0.623. The first-order valence-electron chi connectivity index (χ1n) is 6.74. The van der Waals surface area contributed by atoms with E-state index in [1.807, 2.05) is 77.1 Å². The highest BCUT2D eigenvalue weighted by Crippen LogP contribution is 2.16. The second kappa shape index (κ2) is 11.1. The first kappa shape index (κ1) is 17.0. The van der Waals surface area contributed by atoms with Gasteiger partial charge in [0.05, 0.1) is 5.69 Å². The molecule has 0 bridgehead atoms. The zero-order chi connectivity index (χ0) is 14.5. The molecule has 1 aromatic heterocycles. The van der Waals surface area contributed by atoms with E-state index in [1.54, 1.807) is 6.20 Å². The molecule has 0 aliphatic rings. The lowest BCUT2D eigenvalue weighted by atomic mass is 10.2. The molecule has 0 saturated heterocycles. The van der Waals surface area contributed by atoms with Crippen molar-refractivity contribution in [2.45, 2.75) is 34.6 Å². The van der Waals surface area contributed by atoms with Crippen LogP contribution in [-0.2, 0) is 0 Å². The summed E-state index contributed by atoms with van der Waals surface area (Å²) in [6, 6.07) is 13.4. The van der Waals surface area contributed by atoms with Crippen LogP contribution in [0, 0.1) is 6.92 Å². The van der Waals surface area contributed by atoms with Crippen molar-refractivity contribution in [1.82, 2.24) is 4.98 Å². The molecule has 102 valence electrons. The van der Waals surface area contributed by atoms with Crippen LogP contribution in [0.25, 0.3) is 0 Å². The normalized spacial score (nSPS) is 9.11. The molecule has 0 aliphatic carbocycles. The molecule has 0 N–H and O–H groups in total. The van der Waals surface area contributed by atoms with Crippen LogP contribution in [0.2, 0.25) is 0 Å². The molecule has 1 heterocycles. The maximum Gasteiger partial charge on any atom is 0.174 e. The average Bonchev–Trinajstić information content (AvgIpc) is 2.52. The van der Waals surface area contributed by atoms with Gasteiger partial charge in [0.1, 0.15) is 0 Å². The maximum absolute atomic E-state index is 4.08. The van der Waals surface area contributed by atoms with E-state index in [1.165, 1.54) is 5.56 Å². The molecule has 2 aromatic rings. The largest absolute Gasteiger partial charge is 0.236 e. The fraction of sp³-hybridized carbons (Fsp3) is 0.312. The SMILES string of the molecule is CC.CC.Cc1ccc(N=Nc2ccccn2)cc1. The molecule has 19 heavy (non-hydrogen) atoms. The number of nitrogens with zero attached hydrogens (tertiary/aromatic N) is 3. The Labute approximate surface area is 116 Å². The van der Waals surface area contributed by atoms with Gasteiger partial charge < -0.3 is 0 Å². The van der Waals surface area contributed by atoms with Gasteiger partial charge in [0.25, 0.3) is 0 Å². The van der Waals surface area contributed by atoms with Gasteiger partial charge in [-0.05, 0) is 31.2 Å². The van der Waals surface area contributed by atoms with E-state index >= 15 is 0 Å². The van der Waals surface area contributed by atoms with Crippen LogP contribution in [0.15, 0.2) is 58.9 Å². The summed E-state index contributed by atoms with van der Waals surface area (Å²) in [5.41, 5.74) is 2.05. The molecule has 0 unspecified atom stereocenters. The van der Waals surface area contributed by atoms with Crippen molar-refractivity contribution in [1.29, 1.82) is 0 Å². The Morgan fingerprint density at radius 1 is 0.789 bits per heavy atom. The Kier molecular flexibility index (Phi) is 9.90. The summed E-state index contributed by atoms with van der Waals surface area (Å²) < 4.78 is 0. The summed E-state index contributed by atoms with van der Waals surface area (Å²) in [7, 11) is 0. The molecule has 3 nitrogen and oxygen atoms in total. The lowest BCUT2D eigenvalue weighted by molar-refractivity contribution is 1.15. The van der Waals surface area contributed by atoms with Gasteiger partial charge in [-0.3, -0.25) is 0 Å².